The smallest absolute Gasteiger partial charge is 0.325 e. The molecule has 156 valence electrons. The Morgan fingerprint density at radius 2 is 1.93 bits per heavy atom. The molecule has 2 aromatic carbocycles. The Bertz CT molecular complexity index is 1010. The molecule has 10 heteroatoms. The van der Waals surface area contributed by atoms with Crippen LogP contribution in [0.1, 0.15) is 18.9 Å². The van der Waals surface area contributed by atoms with Crippen LogP contribution in [0.5, 0.6) is 5.75 Å². The van der Waals surface area contributed by atoms with E-state index in [1.54, 1.807) is 37.3 Å². The first kappa shape index (κ1) is 20.8. The Balaban J connectivity index is 1.80. The minimum Gasteiger partial charge on any atom is -0.496 e. The third-order valence-corrected chi connectivity index (χ3v) is 4.95. The van der Waals surface area contributed by atoms with E-state index >= 15 is 0 Å². The van der Waals surface area contributed by atoms with Crippen LogP contribution in [0.25, 0.3) is 0 Å². The summed E-state index contributed by atoms with van der Waals surface area (Å²) in [6.45, 7) is 1.18. The molecule has 2 N–H and O–H groups in total. The van der Waals surface area contributed by atoms with Gasteiger partial charge in [-0.2, -0.15) is 0 Å². The summed E-state index contributed by atoms with van der Waals surface area (Å²) in [6, 6.07) is 12.0. The SMILES string of the molecule is CCC1(c2ccccc2)NC(=O)N(CC(=O)Nc2ccc(OC)cc2[N+](=O)[O-])C1=O. The van der Waals surface area contributed by atoms with Crippen LogP contribution in [0.4, 0.5) is 16.2 Å². The van der Waals surface area contributed by atoms with E-state index in [1.807, 2.05) is 0 Å². The average Bonchev–Trinajstić information content (AvgIpc) is 2.99. The molecule has 0 aliphatic carbocycles. The second-order valence-electron chi connectivity index (χ2n) is 6.63. The zero-order valence-corrected chi connectivity index (χ0v) is 16.4. The fourth-order valence-corrected chi connectivity index (χ4v) is 3.36. The van der Waals surface area contributed by atoms with E-state index in [9.17, 15) is 24.5 Å². The summed E-state index contributed by atoms with van der Waals surface area (Å²) in [5.74, 6) is -1.04. The molecule has 0 radical (unpaired) electrons. The Kier molecular flexibility index (Phi) is 5.67. The number of anilines is 1. The molecular weight excluding hydrogens is 392 g/mol. The molecule has 0 saturated carbocycles. The van der Waals surface area contributed by atoms with Gasteiger partial charge in [0.2, 0.25) is 5.91 Å². The van der Waals surface area contributed by atoms with E-state index in [4.69, 9.17) is 4.74 Å². The van der Waals surface area contributed by atoms with Gasteiger partial charge in [-0.25, -0.2) is 4.79 Å². The number of nitrogens with one attached hydrogen (secondary N) is 2. The number of imide groups is 1. The molecule has 1 atom stereocenters. The zero-order valence-electron chi connectivity index (χ0n) is 16.4. The van der Waals surface area contributed by atoms with Crippen molar-refractivity contribution in [2.24, 2.45) is 0 Å². The normalized spacial score (nSPS) is 18.1. The molecule has 1 unspecified atom stereocenters. The second kappa shape index (κ2) is 8.19. The van der Waals surface area contributed by atoms with Crippen LogP contribution in [0.3, 0.4) is 0 Å². The standard InChI is InChI=1S/C20H20N4O6/c1-3-20(13-7-5-4-6-8-13)18(26)23(19(27)22-20)12-17(25)21-15-10-9-14(30-2)11-16(15)24(28)29/h4-11H,3,12H2,1-2H3,(H,21,25)(H,22,27). The van der Waals surface area contributed by atoms with Crippen molar-refractivity contribution in [3.05, 3.63) is 64.2 Å². The summed E-state index contributed by atoms with van der Waals surface area (Å²) in [5, 5.41) is 16.3. The molecule has 10 nitrogen and oxygen atoms in total. The van der Waals surface area contributed by atoms with Gasteiger partial charge in [-0.05, 0) is 24.1 Å². The fraction of sp³-hybridized carbons (Fsp3) is 0.250. The molecule has 4 amide bonds. The fourth-order valence-electron chi connectivity index (χ4n) is 3.36. The Morgan fingerprint density at radius 3 is 2.53 bits per heavy atom. The minimum atomic E-state index is -1.26. The van der Waals surface area contributed by atoms with E-state index in [-0.39, 0.29) is 17.1 Å². The minimum absolute atomic E-state index is 0.0670. The van der Waals surface area contributed by atoms with Crippen molar-refractivity contribution in [2.45, 2.75) is 18.9 Å². The first-order chi connectivity index (χ1) is 14.3. The van der Waals surface area contributed by atoms with Crippen LogP contribution >= 0.6 is 0 Å². The maximum atomic E-state index is 13.1. The summed E-state index contributed by atoms with van der Waals surface area (Å²) in [7, 11) is 1.36. The number of hydrogen-bond donors (Lipinski definition) is 2. The summed E-state index contributed by atoms with van der Waals surface area (Å²) in [4.78, 5) is 49.4. The third kappa shape index (κ3) is 3.66. The average molecular weight is 412 g/mol. The predicted molar refractivity (Wildman–Crippen MR) is 107 cm³/mol. The van der Waals surface area contributed by atoms with Gasteiger partial charge in [0.15, 0.2) is 0 Å². The number of carbonyl (C=O) groups is 3. The number of nitro groups is 1. The van der Waals surface area contributed by atoms with Crippen molar-refractivity contribution < 1.29 is 24.0 Å². The summed E-state index contributed by atoms with van der Waals surface area (Å²) in [5.41, 5.74) is -1.08. The maximum absolute atomic E-state index is 13.1. The Morgan fingerprint density at radius 1 is 1.23 bits per heavy atom. The van der Waals surface area contributed by atoms with E-state index < -0.39 is 34.9 Å². The van der Waals surface area contributed by atoms with Crippen molar-refractivity contribution in [1.29, 1.82) is 0 Å². The van der Waals surface area contributed by atoms with Crippen molar-refractivity contribution in [3.8, 4) is 5.75 Å². The maximum Gasteiger partial charge on any atom is 0.325 e. The molecule has 1 aliphatic rings. The Labute approximate surface area is 172 Å². The molecule has 2 aromatic rings. The lowest BCUT2D eigenvalue weighted by atomic mass is 9.87. The number of hydrogen-bond acceptors (Lipinski definition) is 6. The number of methoxy groups -OCH3 is 1. The molecule has 1 heterocycles. The molecule has 30 heavy (non-hydrogen) atoms. The van der Waals surface area contributed by atoms with Gasteiger partial charge in [0, 0.05) is 0 Å². The molecule has 1 saturated heterocycles. The summed E-state index contributed by atoms with van der Waals surface area (Å²) < 4.78 is 4.96. The molecule has 1 aliphatic heterocycles. The van der Waals surface area contributed by atoms with Gasteiger partial charge in [0.25, 0.3) is 11.6 Å². The number of carbonyl (C=O) groups excluding carboxylic acids is 3. The largest absolute Gasteiger partial charge is 0.496 e. The van der Waals surface area contributed by atoms with Crippen molar-refractivity contribution in [2.75, 3.05) is 19.0 Å². The van der Waals surface area contributed by atoms with Crippen LogP contribution in [0, 0.1) is 10.1 Å². The zero-order chi connectivity index (χ0) is 21.9. The molecule has 0 spiro atoms. The number of urea groups is 1. The summed E-state index contributed by atoms with van der Waals surface area (Å²) >= 11 is 0. The first-order valence-electron chi connectivity index (χ1n) is 9.14. The highest BCUT2D eigenvalue weighted by molar-refractivity contribution is 6.10. The topological polar surface area (TPSA) is 131 Å². The number of nitrogens with zero attached hydrogens (tertiary/aromatic N) is 2. The van der Waals surface area contributed by atoms with Crippen LogP contribution in [0.15, 0.2) is 48.5 Å². The van der Waals surface area contributed by atoms with Gasteiger partial charge >= 0.3 is 6.03 Å². The van der Waals surface area contributed by atoms with Gasteiger partial charge in [0.05, 0.1) is 18.1 Å². The lowest BCUT2D eigenvalue weighted by Gasteiger charge is -2.25. The second-order valence-corrected chi connectivity index (χ2v) is 6.63. The van der Waals surface area contributed by atoms with Crippen LogP contribution < -0.4 is 15.4 Å². The van der Waals surface area contributed by atoms with Crippen molar-refractivity contribution in [1.82, 2.24) is 10.2 Å². The number of ether oxygens (including phenoxy) is 1. The molecule has 3 rings (SSSR count). The van der Waals surface area contributed by atoms with Gasteiger partial charge in [0.1, 0.15) is 23.5 Å². The quantitative estimate of drug-likeness (QED) is 0.408. The van der Waals surface area contributed by atoms with Crippen molar-refractivity contribution >= 4 is 29.2 Å². The van der Waals surface area contributed by atoms with Crippen LogP contribution in [-0.4, -0.2) is 41.3 Å². The number of benzene rings is 2. The number of nitro benzene ring substituents is 1. The van der Waals surface area contributed by atoms with Gasteiger partial charge in [-0.15, -0.1) is 0 Å². The monoisotopic (exact) mass is 412 g/mol. The van der Waals surface area contributed by atoms with Crippen molar-refractivity contribution in [3.63, 3.8) is 0 Å². The summed E-state index contributed by atoms with van der Waals surface area (Å²) in [6.07, 6.45) is 0.295. The highest BCUT2D eigenvalue weighted by Gasteiger charge is 2.51. The van der Waals surface area contributed by atoms with Crippen LogP contribution in [-0.2, 0) is 15.1 Å². The number of amides is 4. The lowest BCUT2D eigenvalue weighted by molar-refractivity contribution is -0.384. The van der Waals surface area contributed by atoms with Gasteiger partial charge < -0.3 is 15.4 Å². The highest BCUT2D eigenvalue weighted by Crippen LogP contribution is 2.33. The van der Waals surface area contributed by atoms with E-state index in [1.165, 1.54) is 25.3 Å². The number of rotatable bonds is 7. The molecule has 0 bridgehead atoms. The molecule has 0 aromatic heterocycles. The third-order valence-electron chi connectivity index (χ3n) is 4.95. The van der Waals surface area contributed by atoms with Crippen LogP contribution in [0.2, 0.25) is 0 Å². The molecule has 1 fully saturated rings. The molecular formula is C20H20N4O6. The predicted octanol–water partition coefficient (Wildman–Crippen LogP) is 2.40. The van der Waals surface area contributed by atoms with Gasteiger partial charge in [-0.1, -0.05) is 37.3 Å². The van der Waals surface area contributed by atoms with Gasteiger partial charge in [-0.3, -0.25) is 24.6 Å². The lowest BCUT2D eigenvalue weighted by Crippen LogP contribution is -2.44. The highest BCUT2D eigenvalue weighted by atomic mass is 16.6. The van der Waals surface area contributed by atoms with E-state index in [0.29, 0.717) is 12.0 Å². The first-order valence-corrected chi connectivity index (χ1v) is 9.14. The van der Waals surface area contributed by atoms with E-state index in [0.717, 1.165) is 4.90 Å². The Hall–Kier alpha value is -3.95. The van der Waals surface area contributed by atoms with E-state index in [2.05, 4.69) is 10.6 Å².